The number of rotatable bonds is 4. The first-order valence-electron chi connectivity index (χ1n) is 8.27. The highest BCUT2D eigenvalue weighted by molar-refractivity contribution is 7.10. The maximum atomic E-state index is 12.7. The molecule has 128 valence electrons. The molecule has 4 rings (SSSR count). The van der Waals surface area contributed by atoms with E-state index in [0.717, 1.165) is 21.5 Å². The molecule has 5 heteroatoms. The lowest BCUT2D eigenvalue weighted by molar-refractivity contribution is 0.0973. The molecule has 2 N–H and O–H groups in total. The number of carbonyl (C=O) groups is 1. The van der Waals surface area contributed by atoms with Gasteiger partial charge in [-0.15, -0.1) is 11.3 Å². The molecular formula is C21H17N3OS. The molecule has 0 unspecified atom stereocenters. The van der Waals surface area contributed by atoms with Gasteiger partial charge in [-0.1, -0.05) is 35.9 Å². The number of aromatic nitrogens is 2. The minimum atomic E-state index is -0.159. The summed E-state index contributed by atoms with van der Waals surface area (Å²) in [5.41, 5.74) is 4.18. The van der Waals surface area contributed by atoms with Crippen LogP contribution in [0.5, 0.6) is 0 Å². The molecule has 1 amide bonds. The predicted octanol–water partition coefficient (Wildman–Crippen LogP) is 4.86. The normalized spacial score (nSPS) is 11.7. The highest BCUT2D eigenvalue weighted by Crippen LogP contribution is 2.20. The van der Waals surface area contributed by atoms with Crippen LogP contribution in [0.1, 0.15) is 26.6 Å². The molecule has 0 spiro atoms. The average Bonchev–Trinajstić information content (AvgIpc) is 3.31. The summed E-state index contributed by atoms with van der Waals surface area (Å²) in [5.74, 6) is 0.480. The predicted molar refractivity (Wildman–Crippen MR) is 107 cm³/mol. The largest absolute Gasteiger partial charge is 0.337 e. The van der Waals surface area contributed by atoms with Crippen LogP contribution in [0.3, 0.4) is 0 Å². The molecule has 0 atom stereocenters. The summed E-state index contributed by atoms with van der Waals surface area (Å²) in [4.78, 5) is 21.6. The first kappa shape index (κ1) is 16.3. The molecule has 0 aliphatic heterocycles. The van der Waals surface area contributed by atoms with Crippen LogP contribution in [0.25, 0.3) is 22.8 Å². The summed E-state index contributed by atoms with van der Waals surface area (Å²) in [7, 11) is 0. The number of thiophene rings is 1. The monoisotopic (exact) mass is 359 g/mol. The number of amides is 1. The second-order valence-electron chi connectivity index (χ2n) is 6.00. The Morgan fingerprint density at radius 1 is 1.08 bits per heavy atom. The van der Waals surface area contributed by atoms with Gasteiger partial charge in [-0.2, -0.15) is 0 Å². The third-order valence-corrected chi connectivity index (χ3v) is 4.86. The Morgan fingerprint density at radius 3 is 2.62 bits per heavy atom. The molecular weight excluding hydrogens is 342 g/mol. The van der Waals surface area contributed by atoms with Crippen LogP contribution >= 0.6 is 11.3 Å². The third kappa shape index (κ3) is 3.43. The quantitative estimate of drug-likeness (QED) is 0.547. The van der Waals surface area contributed by atoms with Crippen molar-refractivity contribution in [1.82, 2.24) is 15.3 Å². The van der Waals surface area contributed by atoms with Gasteiger partial charge < -0.3 is 10.3 Å². The average molecular weight is 359 g/mol. The van der Waals surface area contributed by atoms with Crippen LogP contribution in [0, 0.1) is 6.92 Å². The van der Waals surface area contributed by atoms with Crippen molar-refractivity contribution in [2.75, 3.05) is 0 Å². The number of hydrogen-bond acceptors (Lipinski definition) is 3. The lowest BCUT2D eigenvalue weighted by Gasteiger charge is -2.08. The van der Waals surface area contributed by atoms with Crippen molar-refractivity contribution in [3.05, 3.63) is 87.9 Å². The number of imidazole rings is 1. The minimum Gasteiger partial charge on any atom is -0.337 e. The number of aromatic amines is 1. The Morgan fingerprint density at radius 2 is 1.88 bits per heavy atom. The van der Waals surface area contributed by atoms with Gasteiger partial charge in [0.15, 0.2) is 5.82 Å². The maximum Gasteiger partial charge on any atom is 0.255 e. The van der Waals surface area contributed by atoms with Crippen molar-refractivity contribution < 1.29 is 4.79 Å². The summed E-state index contributed by atoms with van der Waals surface area (Å²) in [5, 5.41) is 5.01. The second kappa shape index (κ2) is 6.98. The van der Waals surface area contributed by atoms with Gasteiger partial charge in [0.2, 0.25) is 0 Å². The molecule has 0 aliphatic rings. The summed E-state index contributed by atoms with van der Waals surface area (Å²) < 4.78 is 0. The van der Waals surface area contributed by atoms with Crippen LogP contribution in [0.2, 0.25) is 0 Å². The number of hydrogen-bond donors (Lipinski definition) is 2. The van der Waals surface area contributed by atoms with Crippen molar-refractivity contribution in [3.63, 3.8) is 0 Å². The topological polar surface area (TPSA) is 57.8 Å². The van der Waals surface area contributed by atoms with E-state index in [9.17, 15) is 4.79 Å². The van der Waals surface area contributed by atoms with Gasteiger partial charge in [0, 0.05) is 10.4 Å². The molecule has 4 aromatic rings. The number of fused-ring (bicyclic) bond motifs is 1. The highest BCUT2D eigenvalue weighted by Gasteiger charge is 2.13. The fraction of sp³-hybridized carbons (Fsp3) is 0.0476. The molecule has 2 aromatic heterocycles. The zero-order chi connectivity index (χ0) is 17.9. The lowest BCUT2D eigenvalue weighted by atomic mass is 10.1. The number of para-hydroxylation sites is 2. The minimum absolute atomic E-state index is 0.159. The summed E-state index contributed by atoms with van der Waals surface area (Å²) in [6.45, 7) is 2.00. The Labute approximate surface area is 155 Å². The Kier molecular flexibility index (Phi) is 4.37. The van der Waals surface area contributed by atoms with Crippen LogP contribution in [-0.4, -0.2) is 15.9 Å². The summed E-state index contributed by atoms with van der Waals surface area (Å²) in [6, 6.07) is 19.3. The molecule has 0 saturated carbocycles. The number of nitrogens with zero attached hydrogens (tertiary/aromatic N) is 1. The standard InChI is InChI=1S/C21H17N3OS/c1-14-8-10-15(11-9-14)21(25)24-19(13-16-5-4-12-26-16)20-22-17-6-2-3-7-18(17)23-20/h2-13H,1H3,(H,22,23)(H,24,25)/b19-13+. The van der Waals surface area contributed by atoms with E-state index in [1.807, 2.05) is 79.0 Å². The number of aryl methyl sites for hydroxylation is 1. The van der Waals surface area contributed by atoms with Crippen LogP contribution < -0.4 is 5.32 Å². The van der Waals surface area contributed by atoms with Crippen molar-refractivity contribution in [3.8, 4) is 0 Å². The van der Waals surface area contributed by atoms with E-state index in [1.165, 1.54) is 0 Å². The van der Waals surface area contributed by atoms with Crippen molar-refractivity contribution >= 4 is 40.1 Å². The lowest BCUT2D eigenvalue weighted by Crippen LogP contribution is -2.22. The Balaban J connectivity index is 1.71. The first-order chi connectivity index (χ1) is 12.7. The maximum absolute atomic E-state index is 12.7. The zero-order valence-electron chi connectivity index (χ0n) is 14.2. The van der Waals surface area contributed by atoms with Gasteiger partial charge in [0.1, 0.15) is 0 Å². The van der Waals surface area contributed by atoms with Crippen molar-refractivity contribution in [1.29, 1.82) is 0 Å². The molecule has 2 aromatic carbocycles. The van der Waals surface area contributed by atoms with Crippen LogP contribution in [-0.2, 0) is 0 Å². The fourth-order valence-electron chi connectivity index (χ4n) is 2.66. The van der Waals surface area contributed by atoms with Gasteiger partial charge >= 0.3 is 0 Å². The van der Waals surface area contributed by atoms with E-state index in [-0.39, 0.29) is 5.91 Å². The fourth-order valence-corrected chi connectivity index (χ4v) is 3.32. The smallest absolute Gasteiger partial charge is 0.255 e. The van der Waals surface area contributed by atoms with Crippen LogP contribution in [0.4, 0.5) is 0 Å². The van der Waals surface area contributed by atoms with Gasteiger partial charge in [0.25, 0.3) is 5.91 Å². The van der Waals surface area contributed by atoms with E-state index >= 15 is 0 Å². The molecule has 0 aliphatic carbocycles. The Hall–Kier alpha value is -3.18. The van der Waals surface area contributed by atoms with Crippen LogP contribution in [0.15, 0.2) is 66.0 Å². The van der Waals surface area contributed by atoms with E-state index in [2.05, 4.69) is 15.3 Å². The van der Waals surface area contributed by atoms with E-state index in [0.29, 0.717) is 17.1 Å². The SMILES string of the molecule is Cc1ccc(C(=O)N/C(=C/c2cccs2)c2nc3ccccc3[nH]2)cc1. The number of nitrogens with one attached hydrogen (secondary N) is 2. The number of H-pyrrole nitrogens is 1. The first-order valence-corrected chi connectivity index (χ1v) is 9.15. The van der Waals surface area contributed by atoms with E-state index in [1.54, 1.807) is 11.3 Å². The van der Waals surface area contributed by atoms with E-state index < -0.39 is 0 Å². The molecule has 0 radical (unpaired) electrons. The molecule has 0 fully saturated rings. The number of carbonyl (C=O) groups excluding carboxylic acids is 1. The van der Waals surface area contributed by atoms with E-state index in [4.69, 9.17) is 0 Å². The van der Waals surface area contributed by atoms with Gasteiger partial charge in [0.05, 0.1) is 16.7 Å². The molecule has 0 bridgehead atoms. The van der Waals surface area contributed by atoms with Gasteiger partial charge in [-0.25, -0.2) is 4.98 Å². The van der Waals surface area contributed by atoms with Crippen molar-refractivity contribution in [2.45, 2.75) is 6.92 Å². The summed E-state index contributed by atoms with van der Waals surface area (Å²) >= 11 is 1.61. The third-order valence-electron chi connectivity index (χ3n) is 4.04. The molecule has 4 nitrogen and oxygen atoms in total. The van der Waals surface area contributed by atoms with Crippen molar-refractivity contribution in [2.24, 2.45) is 0 Å². The molecule has 2 heterocycles. The Bertz CT molecular complexity index is 1040. The summed E-state index contributed by atoms with van der Waals surface area (Å²) in [6.07, 6.45) is 1.94. The van der Waals surface area contributed by atoms with Gasteiger partial charge in [-0.05, 0) is 48.7 Å². The van der Waals surface area contributed by atoms with Gasteiger partial charge in [-0.3, -0.25) is 4.79 Å². The highest BCUT2D eigenvalue weighted by atomic mass is 32.1. The zero-order valence-corrected chi connectivity index (χ0v) is 15.0. The number of benzene rings is 2. The second-order valence-corrected chi connectivity index (χ2v) is 6.98. The molecule has 0 saturated heterocycles. The molecule has 26 heavy (non-hydrogen) atoms.